The molecule has 0 aliphatic heterocycles. The number of hydrogen-bond acceptors (Lipinski definition) is 2. The molecule has 2 N–H and O–H groups in total. The predicted molar refractivity (Wildman–Crippen MR) is 65.3 cm³/mol. The second-order valence-electron chi connectivity index (χ2n) is 4.47. The number of halogens is 4. The highest BCUT2D eigenvalue weighted by molar-refractivity contribution is 5.27. The highest BCUT2D eigenvalue weighted by Gasteiger charge is 2.31. The van der Waals surface area contributed by atoms with Crippen LogP contribution in [0.4, 0.5) is 17.6 Å². The van der Waals surface area contributed by atoms with Crippen molar-refractivity contribution in [3.63, 3.8) is 0 Å². The van der Waals surface area contributed by atoms with E-state index in [0.717, 1.165) is 23.4 Å². The van der Waals surface area contributed by atoms with E-state index in [4.69, 9.17) is 0 Å². The maximum absolute atomic E-state index is 13.2. The van der Waals surface area contributed by atoms with Crippen LogP contribution in [-0.2, 0) is 19.3 Å². The van der Waals surface area contributed by atoms with Gasteiger partial charge in [0.25, 0.3) is 0 Å². The first kappa shape index (κ1) is 14.5. The summed E-state index contributed by atoms with van der Waals surface area (Å²) in [5.41, 5.74) is 1.07. The smallest absolute Gasteiger partial charge is 0.308 e. The molecule has 0 fully saturated rings. The largest absolute Gasteiger partial charge is 0.416 e. The SMILES string of the molecule is Cc1[nH]ncc1CNCc1cc(F)cc(C(F)(F)F)c1. The molecule has 3 nitrogen and oxygen atoms in total. The summed E-state index contributed by atoms with van der Waals surface area (Å²) >= 11 is 0. The van der Waals surface area contributed by atoms with E-state index in [1.807, 2.05) is 6.92 Å². The van der Waals surface area contributed by atoms with Crippen LogP contribution in [0, 0.1) is 12.7 Å². The maximum atomic E-state index is 13.2. The molecule has 7 heteroatoms. The van der Waals surface area contributed by atoms with E-state index < -0.39 is 17.6 Å². The fourth-order valence-corrected chi connectivity index (χ4v) is 1.81. The molecular weight excluding hydrogens is 274 g/mol. The Morgan fingerprint density at radius 1 is 1.20 bits per heavy atom. The van der Waals surface area contributed by atoms with E-state index in [2.05, 4.69) is 15.5 Å². The van der Waals surface area contributed by atoms with Crippen molar-refractivity contribution in [2.75, 3.05) is 0 Å². The van der Waals surface area contributed by atoms with Crippen molar-refractivity contribution in [3.8, 4) is 0 Å². The predicted octanol–water partition coefficient (Wildman–Crippen LogP) is 3.17. The Labute approximate surface area is 113 Å². The minimum atomic E-state index is -4.54. The average Bonchev–Trinajstić information content (AvgIpc) is 2.73. The monoisotopic (exact) mass is 287 g/mol. The van der Waals surface area contributed by atoms with Gasteiger partial charge in [-0.2, -0.15) is 18.3 Å². The molecule has 0 atom stereocenters. The first-order valence-electron chi connectivity index (χ1n) is 5.92. The molecule has 108 valence electrons. The van der Waals surface area contributed by atoms with E-state index in [9.17, 15) is 17.6 Å². The Morgan fingerprint density at radius 2 is 1.95 bits per heavy atom. The molecular formula is C13H13F4N3. The molecule has 0 unspecified atom stereocenters. The summed E-state index contributed by atoms with van der Waals surface area (Å²) in [5.74, 6) is -0.892. The number of nitrogens with zero attached hydrogens (tertiary/aromatic N) is 1. The van der Waals surface area contributed by atoms with Crippen molar-refractivity contribution in [3.05, 3.63) is 52.6 Å². The first-order chi connectivity index (χ1) is 9.36. The summed E-state index contributed by atoms with van der Waals surface area (Å²) < 4.78 is 50.8. The van der Waals surface area contributed by atoms with Crippen molar-refractivity contribution in [1.29, 1.82) is 0 Å². The summed E-state index contributed by atoms with van der Waals surface area (Å²) in [5, 5.41) is 9.55. The number of aryl methyl sites for hydroxylation is 1. The molecule has 1 heterocycles. The van der Waals surface area contributed by atoms with E-state index >= 15 is 0 Å². The summed E-state index contributed by atoms with van der Waals surface area (Å²) in [4.78, 5) is 0. The van der Waals surface area contributed by atoms with E-state index in [-0.39, 0.29) is 12.1 Å². The number of nitrogens with one attached hydrogen (secondary N) is 2. The summed E-state index contributed by atoms with van der Waals surface area (Å²) in [6.07, 6.45) is -2.91. The van der Waals surface area contributed by atoms with Crippen LogP contribution in [-0.4, -0.2) is 10.2 Å². The van der Waals surface area contributed by atoms with Crippen LogP contribution in [0.25, 0.3) is 0 Å². The highest BCUT2D eigenvalue weighted by atomic mass is 19.4. The van der Waals surface area contributed by atoms with Gasteiger partial charge >= 0.3 is 6.18 Å². The fourth-order valence-electron chi connectivity index (χ4n) is 1.81. The Hall–Kier alpha value is -1.89. The van der Waals surface area contributed by atoms with Crippen molar-refractivity contribution < 1.29 is 17.6 Å². The summed E-state index contributed by atoms with van der Waals surface area (Å²) in [7, 11) is 0. The third-order valence-corrected chi connectivity index (χ3v) is 2.86. The lowest BCUT2D eigenvalue weighted by Gasteiger charge is -2.10. The molecule has 2 aromatic rings. The van der Waals surface area contributed by atoms with Crippen LogP contribution in [0.15, 0.2) is 24.4 Å². The number of aromatic nitrogens is 2. The number of rotatable bonds is 4. The second-order valence-corrected chi connectivity index (χ2v) is 4.47. The topological polar surface area (TPSA) is 40.7 Å². The van der Waals surface area contributed by atoms with Gasteiger partial charge in [-0.05, 0) is 30.7 Å². The van der Waals surface area contributed by atoms with Crippen LogP contribution in [0.5, 0.6) is 0 Å². The Bertz CT molecular complexity index is 590. The number of benzene rings is 1. The van der Waals surface area contributed by atoms with Crippen molar-refractivity contribution in [1.82, 2.24) is 15.5 Å². The van der Waals surface area contributed by atoms with E-state index in [0.29, 0.717) is 12.6 Å². The van der Waals surface area contributed by atoms with Gasteiger partial charge in [-0.1, -0.05) is 0 Å². The molecule has 2 rings (SSSR count). The van der Waals surface area contributed by atoms with Gasteiger partial charge in [-0.15, -0.1) is 0 Å². The molecule has 20 heavy (non-hydrogen) atoms. The molecule has 1 aromatic carbocycles. The van der Waals surface area contributed by atoms with Gasteiger partial charge < -0.3 is 5.32 Å². The molecule has 0 amide bonds. The molecule has 0 saturated heterocycles. The van der Waals surface area contributed by atoms with Crippen LogP contribution < -0.4 is 5.32 Å². The zero-order valence-electron chi connectivity index (χ0n) is 10.7. The maximum Gasteiger partial charge on any atom is 0.416 e. The molecule has 0 spiro atoms. The molecule has 0 saturated carbocycles. The number of alkyl halides is 3. The number of H-pyrrole nitrogens is 1. The minimum absolute atomic E-state index is 0.144. The van der Waals surface area contributed by atoms with Gasteiger partial charge in [0.05, 0.1) is 11.8 Å². The molecule has 1 aromatic heterocycles. The molecule has 0 aliphatic carbocycles. The lowest BCUT2D eigenvalue weighted by molar-refractivity contribution is -0.137. The summed E-state index contributed by atoms with van der Waals surface area (Å²) in [6, 6.07) is 2.52. The third-order valence-electron chi connectivity index (χ3n) is 2.86. The van der Waals surface area contributed by atoms with Crippen molar-refractivity contribution in [2.24, 2.45) is 0 Å². The zero-order valence-corrected chi connectivity index (χ0v) is 10.7. The molecule has 0 bridgehead atoms. The lowest BCUT2D eigenvalue weighted by atomic mass is 10.1. The van der Waals surface area contributed by atoms with Crippen LogP contribution in [0.1, 0.15) is 22.4 Å². The highest BCUT2D eigenvalue weighted by Crippen LogP contribution is 2.30. The quantitative estimate of drug-likeness (QED) is 0.848. The van der Waals surface area contributed by atoms with Crippen molar-refractivity contribution >= 4 is 0 Å². The van der Waals surface area contributed by atoms with Gasteiger partial charge in [0, 0.05) is 24.3 Å². The average molecular weight is 287 g/mol. The third kappa shape index (κ3) is 3.57. The lowest BCUT2D eigenvalue weighted by Crippen LogP contribution is -2.14. The normalized spacial score (nSPS) is 11.8. The molecule has 0 aliphatic rings. The van der Waals surface area contributed by atoms with Gasteiger partial charge in [0.2, 0.25) is 0 Å². The van der Waals surface area contributed by atoms with Gasteiger partial charge in [0.1, 0.15) is 5.82 Å². The van der Waals surface area contributed by atoms with Crippen LogP contribution in [0.2, 0.25) is 0 Å². The number of hydrogen-bond donors (Lipinski definition) is 2. The van der Waals surface area contributed by atoms with Gasteiger partial charge in [-0.25, -0.2) is 4.39 Å². The Balaban J connectivity index is 2.03. The minimum Gasteiger partial charge on any atom is -0.308 e. The first-order valence-corrected chi connectivity index (χ1v) is 5.92. The number of aromatic amines is 1. The zero-order chi connectivity index (χ0) is 14.8. The van der Waals surface area contributed by atoms with Crippen molar-refractivity contribution in [2.45, 2.75) is 26.2 Å². The second kappa shape index (κ2) is 5.62. The van der Waals surface area contributed by atoms with Gasteiger partial charge in [0.15, 0.2) is 0 Å². The van der Waals surface area contributed by atoms with Crippen LogP contribution >= 0.6 is 0 Å². The molecule has 0 radical (unpaired) electrons. The Morgan fingerprint density at radius 3 is 2.55 bits per heavy atom. The standard InChI is InChI=1S/C13H13F4N3/c1-8-10(7-19-20-8)6-18-5-9-2-11(13(15,16)17)4-12(14)3-9/h2-4,7,18H,5-6H2,1H3,(H,19,20). The fraction of sp³-hybridized carbons (Fsp3) is 0.308. The van der Waals surface area contributed by atoms with E-state index in [1.54, 1.807) is 6.20 Å². The van der Waals surface area contributed by atoms with Gasteiger partial charge in [-0.3, -0.25) is 5.10 Å². The summed E-state index contributed by atoms with van der Waals surface area (Å²) in [6.45, 7) is 2.43. The van der Waals surface area contributed by atoms with E-state index in [1.165, 1.54) is 0 Å². The Kier molecular flexibility index (Phi) is 4.08. The van der Waals surface area contributed by atoms with Crippen LogP contribution in [0.3, 0.4) is 0 Å².